The number of aromatic nitrogens is 2. The van der Waals surface area contributed by atoms with Crippen molar-refractivity contribution >= 4 is 39.5 Å². The average molecular weight is 391 g/mol. The number of carbonyl (C=O) groups is 1. The lowest BCUT2D eigenvalue weighted by Gasteiger charge is -2.12. The average Bonchev–Trinajstić information content (AvgIpc) is 2.91. The number of rotatable bonds is 3. The van der Waals surface area contributed by atoms with Gasteiger partial charge in [0.05, 0.1) is 22.6 Å². The molecule has 3 rings (SSSR count). The first-order valence-electron chi connectivity index (χ1n) is 6.65. The first kappa shape index (κ1) is 14.1. The molecule has 5 heteroatoms. The minimum absolute atomic E-state index is 0.0899. The molecule has 0 saturated heterocycles. The summed E-state index contributed by atoms with van der Waals surface area (Å²) in [6.07, 6.45) is 0. The van der Waals surface area contributed by atoms with Gasteiger partial charge in [-0.1, -0.05) is 24.3 Å². The fraction of sp³-hybridized carbons (Fsp3) is 0.125. The zero-order valence-electron chi connectivity index (χ0n) is 11.4. The molecule has 0 aliphatic heterocycles. The summed E-state index contributed by atoms with van der Waals surface area (Å²) in [5, 5.41) is 2.98. The van der Waals surface area contributed by atoms with Gasteiger partial charge in [-0.3, -0.25) is 4.79 Å². The van der Waals surface area contributed by atoms with Crippen LogP contribution in [-0.2, 0) is 0 Å². The topological polar surface area (TPSA) is 57.8 Å². The normalized spacial score (nSPS) is 12.3. The largest absolute Gasteiger partial charge is 0.342 e. The summed E-state index contributed by atoms with van der Waals surface area (Å²) >= 11 is 2.16. The lowest BCUT2D eigenvalue weighted by Crippen LogP contribution is -2.27. The molecule has 106 valence electrons. The SMILES string of the molecule is CC(NC(=O)c1ccccc1I)c1nc2ccccc2[nH]1. The zero-order valence-corrected chi connectivity index (χ0v) is 13.6. The van der Waals surface area contributed by atoms with Crippen molar-refractivity contribution in [3.63, 3.8) is 0 Å². The first-order valence-corrected chi connectivity index (χ1v) is 7.73. The van der Waals surface area contributed by atoms with E-state index in [1.807, 2.05) is 55.5 Å². The van der Waals surface area contributed by atoms with Crippen LogP contribution in [-0.4, -0.2) is 15.9 Å². The van der Waals surface area contributed by atoms with Crippen LogP contribution in [0.3, 0.4) is 0 Å². The van der Waals surface area contributed by atoms with E-state index in [9.17, 15) is 4.79 Å². The van der Waals surface area contributed by atoms with Gasteiger partial charge in [-0.25, -0.2) is 4.98 Å². The molecular formula is C16H14IN3O. The van der Waals surface area contributed by atoms with Crippen LogP contribution in [0.4, 0.5) is 0 Å². The molecule has 0 fully saturated rings. The monoisotopic (exact) mass is 391 g/mol. The predicted octanol–water partition coefficient (Wildman–Crippen LogP) is 3.66. The quantitative estimate of drug-likeness (QED) is 0.670. The number of hydrogen-bond donors (Lipinski definition) is 2. The molecule has 21 heavy (non-hydrogen) atoms. The molecule has 0 saturated carbocycles. The molecule has 0 spiro atoms. The number of para-hydroxylation sites is 2. The number of aromatic amines is 1. The van der Waals surface area contributed by atoms with Gasteiger partial charge in [0, 0.05) is 3.57 Å². The molecule has 1 unspecified atom stereocenters. The summed E-state index contributed by atoms with van der Waals surface area (Å²) in [5.41, 5.74) is 2.56. The molecular weight excluding hydrogens is 377 g/mol. The molecule has 0 aliphatic rings. The maximum Gasteiger partial charge on any atom is 0.252 e. The van der Waals surface area contributed by atoms with Crippen LogP contribution in [0.5, 0.6) is 0 Å². The molecule has 1 amide bonds. The van der Waals surface area contributed by atoms with Gasteiger partial charge in [-0.2, -0.15) is 0 Å². The van der Waals surface area contributed by atoms with Gasteiger partial charge >= 0.3 is 0 Å². The second-order valence-electron chi connectivity index (χ2n) is 4.81. The molecule has 0 bridgehead atoms. The summed E-state index contributed by atoms with van der Waals surface area (Å²) < 4.78 is 0.935. The number of benzene rings is 2. The van der Waals surface area contributed by atoms with E-state index < -0.39 is 0 Å². The van der Waals surface area contributed by atoms with E-state index in [4.69, 9.17) is 0 Å². The standard InChI is InChI=1S/C16H14IN3O/c1-10(15-19-13-8-4-5-9-14(13)20-15)18-16(21)11-6-2-3-7-12(11)17/h2-10H,1H3,(H,18,21)(H,19,20). The Morgan fingerprint density at radius 1 is 1.19 bits per heavy atom. The molecule has 1 heterocycles. The lowest BCUT2D eigenvalue weighted by molar-refractivity contribution is 0.0937. The Morgan fingerprint density at radius 2 is 1.90 bits per heavy atom. The molecule has 2 N–H and O–H groups in total. The summed E-state index contributed by atoms with van der Waals surface area (Å²) in [6, 6.07) is 15.2. The molecule has 4 nitrogen and oxygen atoms in total. The second kappa shape index (κ2) is 5.85. The van der Waals surface area contributed by atoms with E-state index in [2.05, 4.69) is 37.9 Å². The third kappa shape index (κ3) is 2.92. The summed E-state index contributed by atoms with van der Waals surface area (Å²) in [7, 11) is 0. The Morgan fingerprint density at radius 3 is 2.67 bits per heavy atom. The number of hydrogen-bond acceptors (Lipinski definition) is 2. The number of H-pyrrole nitrogens is 1. The Hall–Kier alpha value is -1.89. The maximum absolute atomic E-state index is 12.3. The molecule has 0 radical (unpaired) electrons. The van der Waals surface area contributed by atoms with Crippen molar-refractivity contribution in [2.75, 3.05) is 0 Å². The number of fused-ring (bicyclic) bond motifs is 1. The van der Waals surface area contributed by atoms with E-state index in [0.29, 0.717) is 5.56 Å². The van der Waals surface area contributed by atoms with Crippen molar-refractivity contribution in [1.29, 1.82) is 0 Å². The lowest BCUT2D eigenvalue weighted by atomic mass is 10.2. The summed E-state index contributed by atoms with van der Waals surface area (Å²) in [4.78, 5) is 20.1. The van der Waals surface area contributed by atoms with Gasteiger partial charge in [0.2, 0.25) is 0 Å². The second-order valence-corrected chi connectivity index (χ2v) is 5.98. The first-order chi connectivity index (χ1) is 10.1. The van der Waals surface area contributed by atoms with Crippen molar-refractivity contribution < 1.29 is 4.79 Å². The van der Waals surface area contributed by atoms with Gasteiger partial charge in [-0.05, 0) is 53.8 Å². The van der Waals surface area contributed by atoms with Gasteiger partial charge in [0.1, 0.15) is 5.82 Å². The molecule has 1 atom stereocenters. The minimum atomic E-state index is -0.180. The third-order valence-electron chi connectivity index (χ3n) is 3.28. The third-order valence-corrected chi connectivity index (χ3v) is 4.22. The Bertz CT molecular complexity index is 764. The van der Waals surface area contributed by atoms with E-state index >= 15 is 0 Å². The van der Waals surface area contributed by atoms with Crippen LogP contribution in [0.1, 0.15) is 29.1 Å². The number of nitrogens with one attached hydrogen (secondary N) is 2. The highest BCUT2D eigenvalue weighted by Crippen LogP contribution is 2.17. The molecule has 1 aromatic heterocycles. The number of halogens is 1. The Kier molecular flexibility index (Phi) is 3.92. The predicted molar refractivity (Wildman–Crippen MR) is 91.1 cm³/mol. The van der Waals surface area contributed by atoms with Gasteiger partial charge in [0.25, 0.3) is 5.91 Å². The van der Waals surface area contributed by atoms with Crippen LogP contribution in [0.25, 0.3) is 11.0 Å². The maximum atomic E-state index is 12.3. The van der Waals surface area contributed by atoms with Crippen LogP contribution in [0.15, 0.2) is 48.5 Å². The number of imidazole rings is 1. The van der Waals surface area contributed by atoms with E-state index in [-0.39, 0.29) is 11.9 Å². The number of carbonyl (C=O) groups excluding carboxylic acids is 1. The van der Waals surface area contributed by atoms with Crippen LogP contribution in [0, 0.1) is 3.57 Å². The highest BCUT2D eigenvalue weighted by atomic mass is 127. The minimum Gasteiger partial charge on any atom is -0.342 e. The van der Waals surface area contributed by atoms with Crippen molar-refractivity contribution in [2.45, 2.75) is 13.0 Å². The molecule has 3 aromatic rings. The van der Waals surface area contributed by atoms with Crippen molar-refractivity contribution in [3.05, 3.63) is 63.5 Å². The fourth-order valence-corrected chi connectivity index (χ4v) is 2.80. The molecule has 0 aliphatic carbocycles. The summed E-state index contributed by atoms with van der Waals surface area (Å²) in [5.74, 6) is 0.670. The van der Waals surface area contributed by atoms with Crippen LogP contribution < -0.4 is 5.32 Å². The van der Waals surface area contributed by atoms with Crippen molar-refractivity contribution in [3.8, 4) is 0 Å². The smallest absolute Gasteiger partial charge is 0.252 e. The van der Waals surface area contributed by atoms with E-state index in [1.54, 1.807) is 0 Å². The highest BCUT2D eigenvalue weighted by Gasteiger charge is 2.16. The fourth-order valence-electron chi connectivity index (χ4n) is 2.17. The number of nitrogens with zero attached hydrogens (tertiary/aromatic N) is 1. The Balaban J connectivity index is 1.81. The van der Waals surface area contributed by atoms with Gasteiger partial charge < -0.3 is 10.3 Å². The Labute approximate surface area is 136 Å². The van der Waals surface area contributed by atoms with Crippen molar-refractivity contribution in [1.82, 2.24) is 15.3 Å². The number of amides is 1. The van der Waals surface area contributed by atoms with Crippen LogP contribution in [0.2, 0.25) is 0 Å². The highest BCUT2D eigenvalue weighted by molar-refractivity contribution is 14.1. The van der Waals surface area contributed by atoms with Crippen LogP contribution >= 0.6 is 22.6 Å². The zero-order chi connectivity index (χ0) is 14.8. The van der Waals surface area contributed by atoms with Crippen molar-refractivity contribution in [2.24, 2.45) is 0 Å². The molecule has 2 aromatic carbocycles. The van der Waals surface area contributed by atoms with Gasteiger partial charge in [-0.15, -0.1) is 0 Å². The van der Waals surface area contributed by atoms with E-state index in [0.717, 1.165) is 20.4 Å². The van der Waals surface area contributed by atoms with E-state index in [1.165, 1.54) is 0 Å². The van der Waals surface area contributed by atoms with Gasteiger partial charge in [0.15, 0.2) is 0 Å². The summed E-state index contributed by atoms with van der Waals surface area (Å²) in [6.45, 7) is 1.92.